The molecule has 0 aromatic heterocycles. The predicted octanol–water partition coefficient (Wildman–Crippen LogP) is 2.84. The van der Waals surface area contributed by atoms with Gasteiger partial charge in [0.1, 0.15) is 13.2 Å². The number of esters is 4. The second-order valence-electron chi connectivity index (χ2n) is 9.63. The van der Waals surface area contributed by atoms with Gasteiger partial charge in [0.15, 0.2) is 12.2 Å². The van der Waals surface area contributed by atoms with Gasteiger partial charge in [-0.25, -0.2) is 0 Å². The van der Waals surface area contributed by atoms with Gasteiger partial charge in [0.25, 0.3) is 11.8 Å². The lowest BCUT2D eigenvalue weighted by atomic mass is 10.0. The second-order valence-corrected chi connectivity index (χ2v) is 14.0. The number of carbonyl (C=O) groups is 7. The largest absolute Gasteiger partial charge is 0.462 e. The molecule has 1 aliphatic heterocycles. The Bertz CT molecular complexity index is 1280. The maximum Gasteiger partial charge on any atom is 0.303 e. The summed E-state index contributed by atoms with van der Waals surface area (Å²) in [6.45, 7) is 4.08. The van der Waals surface area contributed by atoms with E-state index >= 15 is 0 Å². The molecule has 1 heterocycles. The fraction of sp³-hybridized carbons (Fsp3) is 0.519. The van der Waals surface area contributed by atoms with Gasteiger partial charge < -0.3 is 34.5 Å². The molecule has 0 bridgehead atoms. The number of ether oxygens (including phenoxy) is 4. The van der Waals surface area contributed by atoms with E-state index in [-0.39, 0.29) is 46.9 Å². The van der Waals surface area contributed by atoms with Crippen LogP contribution in [0.15, 0.2) is 0 Å². The highest BCUT2D eigenvalue weighted by Crippen LogP contribution is 2.39. The Labute approximate surface area is 308 Å². The zero-order valence-electron chi connectivity index (χ0n) is 24.6. The Morgan fingerprint density at radius 3 is 1.58 bits per heavy atom. The molecule has 0 saturated carbocycles. The molecule has 2 N–H and O–H groups in total. The molecule has 3 atom stereocenters. The smallest absolute Gasteiger partial charge is 0.303 e. The van der Waals surface area contributed by atoms with Crippen LogP contribution in [-0.2, 0) is 42.9 Å². The molecular weight excluding hydrogens is 1000 g/mol. The summed E-state index contributed by atoms with van der Waals surface area (Å²) in [5.74, 6) is -3.99. The zero-order chi connectivity index (χ0) is 34.0. The van der Waals surface area contributed by atoms with Crippen LogP contribution < -0.4 is 15.5 Å². The third kappa shape index (κ3) is 11.7. The number of carbonyl (C=O) groups excluding carboxylic acids is 7. The van der Waals surface area contributed by atoms with Crippen molar-refractivity contribution in [1.82, 2.24) is 10.6 Å². The molecule has 45 heavy (non-hydrogen) atoms. The van der Waals surface area contributed by atoms with Gasteiger partial charge in [-0.05, 0) is 80.6 Å². The van der Waals surface area contributed by atoms with Gasteiger partial charge in [-0.3, -0.25) is 33.6 Å². The highest BCUT2D eigenvalue weighted by molar-refractivity contribution is 14.1. The third-order valence-corrected chi connectivity index (χ3v) is 10.0. The normalized spacial score (nSPS) is 15.8. The van der Waals surface area contributed by atoms with Crippen molar-refractivity contribution in [2.24, 2.45) is 0 Å². The summed E-state index contributed by atoms with van der Waals surface area (Å²) in [4.78, 5) is 87.5. The minimum Gasteiger partial charge on any atom is -0.462 e. The van der Waals surface area contributed by atoms with Crippen molar-refractivity contribution in [3.8, 4) is 0 Å². The monoisotopic (exact) mass is 1030 g/mol. The van der Waals surface area contributed by atoms with Crippen LogP contribution in [0.25, 0.3) is 0 Å². The minimum atomic E-state index is -0.981. The molecule has 0 spiro atoms. The molecule has 248 valence electrons. The lowest BCUT2D eigenvalue weighted by Crippen LogP contribution is -2.44. The molecule has 14 nitrogen and oxygen atoms in total. The number of nitrogens with zero attached hydrogens (tertiary/aromatic N) is 1. The lowest BCUT2D eigenvalue weighted by Gasteiger charge is -2.33. The van der Waals surface area contributed by atoms with Crippen LogP contribution in [-0.4, -0.2) is 91.5 Å². The van der Waals surface area contributed by atoms with Crippen molar-refractivity contribution in [2.45, 2.75) is 57.6 Å². The highest BCUT2D eigenvalue weighted by atomic mass is 127. The van der Waals surface area contributed by atoms with E-state index in [0.717, 1.165) is 0 Å². The lowest BCUT2D eigenvalue weighted by molar-refractivity contribution is -0.155. The van der Waals surface area contributed by atoms with Gasteiger partial charge >= 0.3 is 23.9 Å². The van der Waals surface area contributed by atoms with Crippen LogP contribution in [0.2, 0.25) is 0 Å². The predicted molar refractivity (Wildman–Crippen MR) is 188 cm³/mol. The van der Waals surface area contributed by atoms with E-state index in [9.17, 15) is 33.6 Å². The van der Waals surface area contributed by atoms with E-state index < -0.39 is 52.7 Å². The molecule has 2 rings (SSSR count). The topological polar surface area (TPSA) is 184 Å². The van der Waals surface area contributed by atoms with Crippen LogP contribution in [0.1, 0.15) is 61.3 Å². The summed E-state index contributed by atoms with van der Waals surface area (Å²) < 4.78 is 21.3. The van der Waals surface area contributed by atoms with Gasteiger partial charge in [0, 0.05) is 37.8 Å². The van der Waals surface area contributed by atoms with Crippen molar-refractivity contribution < 1.29 is 52.5 Å². The summed E-state index contributed by atoms with van der Waals surface area (Å²) >= 11 is 9.20. The molecule has 3 unspecified atom stereocenters. The van der Waals surface area contributed by atoms with Gasteiger partial charge in [0.2, 0.25) is 5.91 Å². The van der Waals surface area contributed by atoms with E-state index in [0.29, 0.717) is 32.2 Å². The summed E-state index contributed by atoms with van der Waals surface area (Å²) in [5, 5.41) is 5.35. The number of alkyl halides is 1. The maximum atomic E-state index is 13.7. The standard InChI is InChI=1S/C27H31BrI3N3O11/c1-12(35)42-10-16(44-14(3)37)8-32-25(39)19-21(29)20(26(40)33-9-17(45-15(4)38)11-43-13(2)36)23(31)24(22(19)30)34-7-5-6-18(28)27(34)41/h16-18H,5-11H2,1-4H3,(H,32,39)(H,33,40). The number of hydrogen-bond donors (Lipinski definition) is 2. The van der Waals surface area contributed by atoms with Gasteiger partial charge in [-0.2, -0.15) is 0 Å². The van der Waals surface area contributed by atoms with Crippen molar-refractivity contribution in [3.63, 3.8) is 0 Å². The summed E-state index contributed by atoms with van der Waals surface area (Å²) in [6, 6.07) is 0. The fourth-order valence-electron chi connectivity index (χ4n) is 4.09. The molecule has 3 amide bonds. The number of anilines is 1. The zero-order valence-corrected chi connectivity index (χ0v) is 32.7. The summed E-state index contributed by atoms with van der Waals surface area (Å²) in [5.41, 5.74) is 0.549. The first-order valence-corrected chi connectivity index (χ1v) is 17.5. The first kappa shape index (κ1) is 39.4. The average Bonchev–Trinajstić information content (AvgIpc) is 2.93. The summed E-state index contributed by atoms with van der Waals surface area (Å²) in [6.07, 6.45) is -0.675. The molecule has 1 aromatic rings. The molecule has 1 fully saturated rings. The van der Waals surface area contributed by atoms with Crippen molar-refractivity contribution in [3.05, 3.63) is 21.8 Å². The van der Waals surface area contributed by atoms with Crippen LogP contribution >= 0.6 is 83.7 Å². The van der Waals surface area contributed by atoms with E-state index in [1.165, 1.54) is 32.6 Å². The van der Waals surface area contributed by atoms with Crippen LogP contribution in [0.5, 0.6) is 0 Å². The molecule has 0 aliphatic carbocycles. The molecule has 18 heteroatoms. The number of halogens is 4. The number of hydrogen-bond acceptors (Lipinski definition) is 11. The first-order chi connectivity index (χ1) is 21.0. The van der Waals surface area contributed by atoms with Crippen molar-refractivity contribution in [1.29, 1.82) is 0 Å². The van der Waals surface area contributed by atoms with Crippen molar-refractivity contribution >= 4 is 131 Å². The number of rotatable bonds is 13. The molecule has 1 aliphatic rings. The molecule has 1 aromatic carbocycles. The Morgan fingerprint density at radius 2 is 1.20 bits per heavy atom. The van der Waals surface area contributed by atoms with Crippen LogP contribution in [0.3, 0.4) is 0 Å². The highest BCUT2D eigenvalue weighted by Gasteiger charge is 2.35. The Morgan fingerprint density at radius 1 is 0.778 bits per heavy atom. The second kappa shape index (κ2) is 18.5. The van der Waals surface area contributed by atoms with Crippen LogP contribution in [0, 0.1) is 10.7 Å². The number of amides is 3. The number of piperidine rings is 1. The van der Waals surface area contributed by atoms with Crippen molar-refractivity contribution in [2.75, 3.05) is 37.7 Å². The van der Waals surface area contributed by atoms with Gasteiger partial charge in [-0.1, -0.05) is 15.9 Å². The van der Waals surface area contributed by atoms with E-state index in [4.69, 9.17) is 18.9 Å². The van der Waals surface area contributed by atoms with Gasteiger partial charge in [0.05, 0.1) is 41.9 Å². The Kier molecular flexibility index (Phi) is 16.2. The molecule has 0 radical (unpaired) electrons. The van der Waals surface area contributed by atoms with E-state index in [2.05, 4.69) is 26.6 Å². The first-order valence-electron chi connectivity index (χ1n) is 13.4. The average molecular weight is 1030 g/mol. The molecular formula is C27H31BrI3N3O11. The fourth-order valence-corrected chi connectivity index (χ4v) is 9.39. The molecule has 1 saturated heterocycles. The number of benzene rings is 1. The maximum absolute atomic E-state index is 13.7. The Hall–Kier alpha value is -1.82. The quantitative estimate of drug-likeness (QED) is 0.128. The van der Waals surface area contributed by atoms with E-state index in [1.807, 2.05) is 67.8 Å². The number of nitrogens with one attached hydrogen (secondary N) is 2. The summed E-state index contributed by atoms with van der Waals surface area (Å²) in [7, 11) is 0. The third-order valence-electron chi connectivity index (χ3n) is 5.98. The van der Waals surface area contributed by atoms with Gasteiger partial charge in [-0.15, -0.1) is 0 Å². The van der Waals surface area contributed by atoms with E-state index in [1.54, 1.807) is 0 Å². The minimum absolute atomic E-state index is 0.0896. The Balaban J connectivity index is 2.54. The van der Waals surface area contributed by atoms with Crippen LogP contribution in [0.4, 0.5) is 5.69 Å². The SMILES string of the molecule is CC(=O)OCC(CNC(=O)c1c(I)c(C(=O)NCC(COC(C)=O)OC(C)=O)c(I)c(N2CCCC(Br)C2=O)c1I)OC(C)=O.